The third-order valence-electron chi connectivity index (χ3n) is 2.57. The molecule has 0 saturated carbocycles. The van der Waals surface area contributed by atoms with E-state index in [1.54, 1.807) is 6.20 Å². The minimum absolute atomic E-state index is 0.139. The van der Waals surface area contributed by atoms with E-state index in [1.807, 2.05) is 49.4 Å². The van der Waals surface area contributed by atoms with Gasteiger partial charge in [-0.25, -0.2) is 4.98 Å². The van der Waals surface area contributed by atoms with E-state index in [2.05, 4.69) is 4.98 Å². The SMILES string of the molecule is CCOc1ccc([C@@H](N)c2ccccc2)cn1. The predicted molar refractivity (Wildman–Crippen MR) is 67.9 cm³/mol. The minimum atomic E-state index is -0.139. The molecule has 2 N–H and O–H groups in total. The summed E-state index contributed by atoms with van der Waals surface area (Å²) in [5, 5.41) is 0. The summed E-state index contributed by atoms with van der Waals surface area (Å²) in [6.45, 7) is 2.56. The molecule has 17 heavy (non-hydrogen) atoms. The molecule has 0 fully saturated rings. The molecule has 0 radical (unpaired) electrons. The molecule has 1 aromatic carbocycles. The zero-order valence-electron chi connectivity index (χ0n) is 9.84. The molecule has 1 aromatic heterocycles. The zero-order valence-corrected chi connectivity index (χ0v) is 9.84. The number of hydrogen-bond donors (Lipinski definition) is 1. The van der Waals surface area contributed by atoms with Crippen molar-refractivity contribution in [2.24, 2.45) is 5.73 Å². The van der Waals surface area contributed by atoms with Crippen molar-refractivity contribution in [1.82, 2.24) is 4.98 Å². The van der Waals surface area contributed by atoms with Gasteiger partial charge >= 0.3 is 0 Å². The van der Waals surface area contributed by atoms with E-state index < -0.39 is 0 Å². The standard InChI is InChI=1S/C14H16N2O/c1-2-17-13-9-8-12(10-16-13)14(15)11-6-4-3-5-7-11/h3-10,14H,2,15H2,1H3/t14-/m0/s1. The summed E-state index contributed by atoms with van der Waals surface area (Å²) in [6, 6.07) is 13.6. The van der Waals surface area contributed by atoms with Crippen molar-refractivity contribution >= 4 is 0 Å². The van der Waals surface area contributed by atoms with Gasteiger partial charge in [0.05, 0.1) is 12.6 Å². The molecular formula is C14H16N2O. The molecule has 0 saturated heterocycles. The van der Waals surface area contributed by atoms with Gasteiger partial charge in [0, 0.05) is 12.3 Å². The van der Waals surface area contributed by atoms with Crippen molar-refractivity contribution in [2.45, 2.75) is 13.0 Å². The lowest BCUT2D eigenvalue weighted by atomic mass is 10.0. The molecule has 2 aromatic rings. The van der Waals surface area contributed by atoms with Crippen molar-refractivity contribution in [3.63, 3.8) is 0 Å². The largest absolute Gasteiger partial charge is 0.478 e. The number of pyridine rings is 1. The fourth-order valence-corrected chi connectivity index (χ4v) is 1.66. The van der Waals surface area contributed by atoms with Crippen molar-refractivity contribution in [2.75, 3.05) is 6.61 Å². The number of hydrogen-bond acceptors (Lipinski definition) is 3. The van der Waals surface area contributed by atoms with Crippen LogP contribution in [0.3, 0.4) is 0 Å². The Hall–Kier alpha value is -1.87. The summed E-state index contributed by atoms with van der Waals surface area (Å²) in [6.07, 6.45) is 1.77. The lowest BCUT2D eigenvalue weighted by Crippen LogP contribution is -2.12. The molecule has 0 aliphatic carbocycles. The highest BCUT2D eigenvalue weighted by atomic mass is 16.5. The Kier molecular flexibility index (Phi) is 3.73. The Labute approximate surface area is 101 Å². The monoisotopic (exact) mass is 228 g/mol. The number of nitrogens with two attached hydrogens (primary N) is 1. The Bertz CT molecular complexity index is 453. The first kappa shape index (κ1) is 11.6. The molecular weight excluding hydrogens is 212 g/mol. The first-order valence-electron chi connectivity index (χ1n) is 5.70. The van der Waals surface area contributed by atoms with Crippen LogP contribution in [0, 0.1) is 0 Å². The number of rotatable bonds is 4. The van der Waals surface area contributed by atoms with E-state index in [4.69, 9.17) is 10.5 Å². The van der Waals surface area contributed by atoms with Gasteiger partial charge in [-0.2, -0.15) is 0 Å². The molecule has 2 rings (SSSR count). The van der Waals surface area contributed by atoms with Crippen LogP contribution in [-0.4, -0.2) is 11.6 Å². The van der Waals surface area contributed by atoms with Gasteiger partial charge in [0.25, 0.3) is 0 Å². The predicted octanol–water partition coefficient (Wildman–Crippen LogP) is 2.53. The second-order valence-corrected chi connectivity index (χ2v) is 3.75. The van der Waals surface area contributed by atoms with Crippen LogP contribution < -0.4 is 10.5 Å². The highest BCUT2D eigenvalue weighted by molar-refractivity contribution is 5.30. The van der Waals surface area contributed by atoms with Crippen LogP contribution in [0.15, 0.2) is 48.7 Å². The van der Waals surface area contributed by atoms with Crippen LogP contribution in [-0.2, 0) is 0 Å². The molecule has 3 heteroatoms. The second kappa shape index (κ2) is 5.46. The van der Waals surface area contributed by atoms with Crippen LogP contribution in [0.4, 0.5) is 0 Å². The minimum Gasteiger partial charge on any atom is -0.478 e. The quantitative estimate of drug-likeness (QED) is 0.874. The van der Waals surface area contributed by atoms with Crippen LogP contribution in [0.2, 0.25) is 0 Å². The van der Waals surface area contributed by atoms with E-state index in [9.17, 15) is 0 Å². The zero-order chi connectivity index (χ0) is 12.1. The Morgan fingerprint density at radius 2 is 1.88 bits per heavy atom. The molecule has 1 atom stereocenters. The molecule has 0 amide bonds. The fraction of sp³-hybridized carbons (Fsp3) is 0.214. The second-order valence-electron chi connectivity index (χ2n) is 3.75. The summed E-state index contributed by atoms with van der Waals surface area (Å²) in [5.41, 5.74) is 8.23. The summed E-state index contributed by atoms with van der Waals surface area (Å²) in [5.74, 6) is 0.636. The highest BCUT2D eigenvalue weighted by Gasteiger charge is 2.08. The number of ether oxygens (including phenoxy) is 1. The van der Waals surface area contributed by atoms with Crippen LogP contribution in [0.5, 0.6) is 5.88 Å². The van der Waals surface area contributed by atoms with E-state index in [0.29, 0.717) is 12.5 Å². The molecule has 0 aliphatic heterocycles. The molecule has 3 nitrogen and oxygen atoms in total. The summed E-state index contributed by atoms with van der Waals surface area (Å²) < 4.78 is 5.29. The van der Waals surface area contributed by atoms with Crippen molar-refractivity contribution in [3.05, 3.63) is 59.8 Å². The van der Waals surface area contributed by atoms with Crippen LogP contribution >= 0.6 is 0 Å². The van der Waals surface area contributed by atoms with Crippen LogP contribution in [0.25, 0.3) is 0 Å². The average molecular weight is 228 g/mol. The Balaban J connectivity index is 2.17. The maximum absolute atomic E-state index is 6.16. The number of nitrogens with zero attached hydrogens (tertiary/aromatic N) is 1. The highest BCUT2D eigenvalue weighted by Crippen LogP contribution is 2.19. The van der Waals surface area contributed by atoms with Gasteiger partial charge in [0.1, 0.15) is 0 Å². The van der Waals surface area contributed by atoms with E-state index in [0.717, 1.165) is 11.1 Å². The Morgan fingerprint density at radius 1 is 1.12 bits per heavy atom. The van der Waals surface area contributed by atoms with Gasteiger partial charge in [0.2, 0.25) is 5.88 Å². The van der Waals surface area contributed by atoms with E-state index in [1.165, 1.54) is 0 Å². The number of aromatic nitrogens is 1. The normalized spacial score (nSPS) is 12.1. The smallest absolute Gasteiger partial charge is 0.213 e. The molecule has 0 bridgehead atoms. The van der Waals surface area contributed by atoms with Gasteiger partial charge in [-0.3, -0.25) is 0 Å². The molecule has 0 unspecified atom stereocenters. The van der Waals surface area contributed by atoms with Gasteiger partial charge in [-0.05, 0) is 18.1 Å². The van der Waals surface area contributed by atoms with Gasteiger partial charge in [0.15, 0.2) is 0 Å². The maximum atomic E-state index is 6.16. The molecule has 88 valence electrons. The van der Waals surface area contributed by atoms with Gasteiger partial charge in [-0.15, -0.1) is 0 Å². The van der Waals surface area contributed by atoms with Crippen molar-refractivity contribution < 1.29 is 4.74 Å². The van der Waals surface area contributed by atoms with Gasteiger partial charge in [-0.1, -0.05) is 36.4 Å². The fourth-order valence-electron chi connectivity index (χ4n) is 1.66. The topological polar surface area (TPSA) is 48.1 Å². The lowest BCUT2D eigenvalue weighted by Gasteiger charge is -2.12. The lowest BCUT2D eigenvalue weighted by molar-refractivity contribution is 0.326. The molecule has 0 spiro atoms. The third-order valence-corrected chi connectivity index (χ3v) is 2.57. The first-order valence-corrected chi connectivity index (χ1v) is 5.70. The van der Waals surface area contributed by atoms with E-state index >= 15 is 0 Å². The Morgan fingerprint density at radius 3 is 2.47 bits per heavy atom. The van der Waals surface area contributed by atoms with Crippen molar-refractivity contribution in [3.8, 4) is 5.88 Å². The molecule has 0 aliphatic rings. The number of benzene rings is 1. The van der Waals surface area contributed by atoms with Crippen LogP contribution in [0.1, 0.15) is 24.1 Å². The maximum Gasteiger partial charge on any atom is 0.213 e. The molecule has 1 heterocycles. The third kappa shape index (κ3) is 2.82. The summed E-state index contributed by atoms with van der Waals surface area (Å²) in [7, 11) is 0. The van der Waals surface area contributed by atoms with Crippen molar-refractivity contribution in [1.29, 1.82) is 0 Å². The van der Waals surface area contributed by atoms with Gasteiger partial charge < -0.3 is 10.5 Å². The summed E-state index contributed by atoms with van der Waals surface area (Å²) in [4.78, 5) is 4.21. The summed E-state index contributed by atoms with van der Waals surface area (Å²) >= 11 is 0. The van der Waals surface area contributed by atoms with E-state index in [-0.39, 0.29) is 6.04 Å². The average Bonchev–Trinajstić information content (AvgIpc) is 2.40. The first-order chi connectivity index (χ1) is 8.31.